The molecule has 0 saturated heterocycles. The van der Waals surface area contributed by atoms with Gasteiger partial charge in [-0.25, -0.2) is 18.7 Å². The lowest BCUT2D eigenvalue weighted by molar-refractivity contribution is -0.137. The molecule has 228 valence electrons. The smallest absolute Gasteiger partial charge is 0.418 e. The fourth-order valence-corrected chi connectivity index (χ4v) is 5.04. The number of H-pyrrole nitrogens is 1. The molecule has 0 aliphatic carbocycles. The van der Waals surface area contributed by atoms with E-state index in [1.807, 2.05) is 0 Å². The molecule has 5 rings (SSSR count). The highest BCUT2D eigenvalue weighted by Gasteiger charge is 2.39. The van der Waals surface area contributed by atoms with Crippen LogP contribution in [0.15, 0.2) is 65.5 Å². The number of alkyl halides is 3. The minimum atomic E-state index is -5.03. The highest BCUT2D eigenvalue weighted by Crippen LogP contribution is 2.42. The summed E-state index contributed by atoms with van der Waals surface area (Å²) in [5.74, 6) is -1.68. The molecule has 0 bridgehead atoms. The molecule has 0 aliphatic heterocycles. The largest absolute Gasteiger partial charge is 0.497 e. The van der Waals surface area contributed by atoms with Gasteiger partial charge in [0.15, 0.2) is 5.82 Å². The van der Waals surface area contributed by atoms with E-state index >= 15 is 8.78 Å². The third kappa shape index (κ3) is 6.16. The molecule has 0 aliphatic rings. The Morgan fingerprint density at radius 1 is 0.886 bits per heavy atom. The fourth-order valence-electron chi connectivity index (χ4n) is 4.87. The van der Waals surface area contributed by atoms with Crippen LogP contribution in [0, 0.1) is 18.6 Å². The van der Waals surface area contributed by atoms with Gasteiger partial charge in [-0.15, -0.1) is 0 Å². The minimum Gasteiger partial charge on any atom is -0.497 e. The van der Waals surface area contributed by atoms with Gasteiger partial charge in [0.2, 0.25) is 5.28 Å². The number of aromatic nitrogens is 3. The van der Waals surface area contributed by atoms with Crippen LogP contribution < -0.4 is 19.9 Å². The molecular weight excluding hydrogens is 607 g/mol. The zero-order chi connectivity index (χ0) is 31.8. The lowest BCUT2D eigenvalue weighted by atomic mass is 9.98. The first kappa shape index (κ1) is 30.7. The molecule has 7 nitrogen and oxygen atoms in total. The summed E-state index contributed by atoms with van der Waals surface area (Å²) in [4.78, 5) is 24.0. The number of anilines is 1. The molecule has 0 saturated carbocycles. The van der Waals surface area contributed by atoms with Crippen molar-refractivity contribution in [2.24, 2.45) is 0 Å². The normalized spacial score (nSPS) is 11.6. The maximum atomic E-state index is 15.9. The van der Waals surface area contributed by atoms with Gasteiger partial charge in [0.1, 0.15) is 28.7 Å². The van der Waals surface area contributed by atoms with Crippen molar-refractivity contribution in [2.75, 3.05) is 19.1 Å². The van der Waals surface area contributed by atoms with E-state index in [0.29, 0.717) is 17.6 Å². The van der Waals surface area contributed by atoms with E-state index in [0.717, 1.165) is 11.1 Å². The zero-order valence-electron chi connectivity index (χ0n) is 23.5. The van der Waals surface area contributed by atoms with Crippen LogP contribution in [-0.4, -0.2) is 29.2 Å². The van der Waals surface area contributed by atoms with Crippen LogP contribution in [-0.2, 0) is 19.3 Å². The van der Waals surface area contributed by atoms with Gasteiger partial charge in [-0.2, -0.15) is 13.2 Å². The molecule has 5 aromatic rings. The quantitative estimate of drug-likeness (QED) is 0.142. The van der Waals surface area contributed by atoms with Crippen molar-refractivity contribution in [1.82, 2.24) is 15.0 Å². The number of aryl methyl sites for hydroxylation is 1. The topological polar surface area (TPSA) is 80.3 Å². The zero-order valence-corrected chi connectivity index (χ0v) is 24.3. The Hall–Kier alpha value is -4.71. The number of pyridine rings is 1. The second kappa shape index (κ2) is 12.1. The maximum Gasteiger partial charge on any atom is 0.418 e. The lowest BCUT2D eigenvalue weighted by Gasteiger charge is -2.27. The van der Waals surface area contributed by atoms with E-state index in [2.05, 4.69) is 15.0 Å². The molecule has 0 spiro atoms. The van der Waals surface area contributed by atoms with Gasteiger partial charge < -0.3 is 14.4 Å². The predicted molar refractivity (Wildman–Crippen MR) is 156 cm³/mol. The fraction of sp³-hybridized carbons (Fsp3) is 0.194. The maximum absolute atomic E-state index is 15.9. The number of rotatable bonds is 8. The Morgan fingerprint density at radius 2 is 1.43 bits per heavy atom. The van der Waals surface area contributed by atoms with Gasteiger partial charge in [-0.05, 0) is 71.6 Å². The Labute approximate surface area is 252 Å². The van der Waals surface area contributed by atoms with Crippen LogP contribution >= 0.6 is 11.6 Å². The Morgan fingerprint density at radius 3 is 1.93 bits per heavy atom. The van der Waals surface area contributed by atoms with Crippen molar-refractivity contribution in [1.29, 1.82) is 0 Å². The predicted octanol–water partition coefficient (Wildman–Crippen LogP) is 7.47. The van der Waals surface area contributed by atoms with E-state index in [9.17, 15) is 18.0 Å². The van der Waals surface area contributed by atoms with E-state index < -0.39 is 56.4 Å². The molecule has 0 amide bonds. The third-order valence-corrected chi connectivity index (χ3v) is 7.16. The summed E-state index contributed by atoms with van der Waals surface area (Å²) in [5, 5.41) is -1.03. The molecule has 0 fully saturated rings. The third-order valence-electron chi connectivity index (χ3n) is 6.98. The van der Waals surface area contributed by atoms with Crippen LogP contribution in [0.5, 0.6) is 11.5 Å². The van der Waals surface area contributed by atoms with Crippen molar-refractivity contribution in [3.05, 3.63) is 110 Å². The molecule has 13 heteroatoms. The van der Waals surface area contributed by atoms with Crippen molar-refractivity contribution in [3.63, 3.8) is 0 Å². The number of nitrogens with one attached hydrogen (secondary N) is 1. The second-order valence-electron chi connectivity index (χ2n) is 9.87. The van der Waals surface area contributed by atoms with Crippen LogP contribution in [0.2, 0.25) is 5.28 Å². The average molecular weight is 631 g/mol. The van der Waals surface area contributed by atoms with E-state index in [1.165, 1.54) is 27.2 Å². The number of ether oxygens (including phenoxy) is 2. The molecule has 1 N–H and O–H groups in total. The van der Waals surface area contributed by atoms with Gasteiger partial charge >= 0.3 is 6.18 Å². The van der Waals surface area contributed by atoms with E-state index in [4.69, 9.17) is 21.1 Å². The SMILES string of the molecule is COc1ccc(CN(Cc2ccc(OC)cc2)c2cc(C)c(C(F)(F)F)c(-c3c(F)cc4c(=O)[nH]c(Cl)nc4c3F)n2)cc1. The van der Waals surface area contributed by atoms with Gasteiger partial charge in [0.25, 0.3) is 5.56 Å². The minimum absolute atomic E-state index is 0.0212. The first-order chi connectivity index (χ1) is 20.9. The Bertz CT molecular complexity index is 1850. The van der Waals surface area contributed by atoms with Gasteiger partial charge in [-0.3, -0.25) is 9.78 Å². The lowest BCUT2D eigenvalue weighted by Crippen LogP contribution is -2.25. The highest BCUT2D eigenvalue weighted by molar-refractivity contribution is 6.28. The number of benzene rings is 3. The number of fused-ring (bicyclic) bond motifs is 1. The summed E-state index contributed by atoms with van der Waals surface area (Å²) >= 11 is 5.78. The molecule has 0 unspecified atom stereocenters. The van der Waals surface area contributed by atoms with Crippen molar-refractivity contribution in [3.8, 4) is 22.8 Å². The number of nitrogens with zero attached hydrogens (tertiary/aromatic N) is 3. The summed E-state index contributed by atoms with van der Waals surface area (Å²) in [5.41, 5.74) is -3.84. The Kier molecular flexibility index (Phi) is 8.46. The molecule has 0 radical (unpaired) electrons. The van der Waals surface area contributed by atoms with Crippen molar-refractivity contribution in [2.45, 2.75) is 26.2 Å². The number of hydrogen-bond donors (Lipinski definition) is 1. The molecule has 44 heavy (non-hydrogen) atoms. The van der Waals surface area contributed by atoms with Gasteiger partial charge in [0, 0.05) is 13.1 Å². The summed E-state index contributed by atoms with van der Waals surface area (Å²) in [7, 11) is 3.04. The molecule has 0 atom stereocenters. The molecule has 3 aromatic carbocycles. The van der Waals surface area contributed by atoms with E-state index in [1.54, 1.807) is 53.4 Å². The first-order valence-corrected chi connectivity index (χ1v) is 13.4. The molecule has 2 heterocycles. The summed E-state index contributed by atoms with van der Waals surface area (Å²) in [6, 6.07) is 15.9. The average Bonchev–Trinajstić information content (AvgIpc) is 2.97. The standard InChI is InChI=1S/C31H24ClF5N4O3/c1-16-12-23(41(14-17-4-8-19(43-2)9-5-17)15-18-6-10-20(44-3)11-7-18)38-28(25(16)31(35,36)37)24-22(33)13-21-27(26(24)34)39-30(32)40-29(21)42/h4-13H,14-15H2,1-3H3,(H,39,40,42). The monoisotopic (exact) mass is 630 g/mol. The summed E-state index contributed by atoms with van der Waals surface area (Å²) in [6.45, 7) is 1.53. The van der Waals surface area contributed by atoms with E-state index in [-0.39, 0.29) is 24.5 Å². The number of aromatic amines is 1. The van der Waals surface area contributed by atoms with Crippen LogP contribution in [0.25, 0.3) is 22.2 Å². The summed E-state index contributed by atoms with van der Waals surface area (Å²) < 4.78 is 85.2. The van der Waals surface area contributed by atoms with Crippen LogP contribution in [0.1, 0.15) is 22.3 Å². The second-order valence-corrected chi connectivity index (χ2v) is 10.2. The number of methoxy groups -OCH3 is 2. The van der Waals surface area contributed by atoms with Crippen molar-refractivity contribution < 1.29 is 31.4 Å². The van der Waals surface area contributed by atoms with Crippen LogP contribution in [0.3, 0.4) is 0 Å². The highest BCUT2D eigenvalue weighted by atomic mass is 35.5. The molecule has 2 aromatic heterocycles. The number of halogens is 6. The molecular formula is C31H24ClF5N4O3. The summed E-state index contributed by atoms with van der Waals surface area (Å²) in [6.07, 6.45) is -5.03. The number of hydrogen-bond acceptors (Lipinski definition) is 6. The van der Waals surface area contributed by atoms with Crippen molar-refractivity contribution >= 4 is 28.3 Å². The van der Waals surface area contributed by atoms with Crippen LogP contribution in [0.4, 0.5) is 27.8 Å². The Balaban J connectivity index is 1.72. The van der Waals surface area contributed by atoms with Gasteiger partial charge in [0.05, 0.1) is 36.4 Å². The van der Waals surface area contributed by atoms with Gasteiger partial charge in [-0.1, -0.05) is 24.3 Å². The first-order valence-electron chi connectivity index (χ1n) is 13.1.